The number of carbonyl (C=O) groups is 2. The molecule has 0 radical (unpaired) electrons. The lowest BCUT2D eigenvalue weighted by Crippen LogP contribution is -2.55. The standard InChI is InChI=1S/C21H24FN3O3/c1-12-18(6-14-4-5-15(22)7-19(14)23-12)21(28)24-16-8-17(9-16)25(11-20(26)27)10-13-2-3-13/h4-7,13,16-17H,2-3,8-11H2,1H3,(H,24,28)(H,26,27). The topological polar surface area (TPSA) is 82.5 Å². The van der Waals surface area contributed by atoms with Gasteiger partial charge in [-0.05, 0) is 56.7 Å². The molecule has 0 aliphatic heterocycles. The summed E-state index contributed by atoms with van der Waals surface area (Å²) in [6.07, 6.45) is 3.89. The van der Waals surface area contributed by atoms with Crippen LogP contribution in [0.3, 0.4) is 0 Å². The molecule has 0 unspecified atom stereocenters. The highest BCUT2D eigenvalue weighted by molar-refractivity contribution is 5.98. The third kappa shape index (κ3) is 4.14. The zero-order valence-corrected chi connectivity index (χ0v) is 15.8. The molecule has 1 aromatic carbocycles. The van der Waals surface area contributed by atoms with Crippen LogP contribution < -0.4 is 5.32 Å². The molecular weight excluding hydrogens is 361 g/mol. The van der Waals surface area contributed by atoms with Gasteiger partial charge >= 0.3 is 5.97 Å². The number of aryl methyl sites for hydroxylation is 1. The summed E-state index contributed by atoms with van der Waals surface area (Å²) in [6, 6.07) is 6.32. The van der Waals surface area contributed by atoms with Crippen LogP contribution in [0.15, 0.2) is 24.3 Å². The van der Waals surface area contributed by atoms with Crippen LogP contribution in [0.1, 0.15) is 41.7 Å². The van der Waals surface area contributed by atoms with E-state index >= 15 is 0 Å². The molecule has 1 heterocycles. The van der Waals surface area contributed by atoms with Gasteiger partial charge in [-0.1, -0.05) is 0 Å². The molecule has 148 valence electrons. The Morgan fingerprint density at radius 2 is 2.04 bits per heavy atom. The lowest BCUT2D eigenvalue weighted by Gasteiger charge is -2.42. The average Bonchev–Trinajstić information content (AvgIpc) is 3.40. The van der Waals surface area contributed by atoms with Crippen molar-refractivity contribution in [2.24, 2.45) is 5.92 Å². The van der Waals surface area contributed by atoms with Crippen LogP contribution in [0.2, 0.25) is 0 Å². The lowest BCUT2D eigenvalue weighted by molar-refractivity contribution is -0.139. The Morgan fingerprint density at radius 3 is 2.71 bits per heavy atom. The number of nitrogens with one attached hydrogen (secondary N) is 1. The molecule has 2 N–H and O–H groups in total. The van der Waals surface area contributed by atoms with Gasteiger partial charge in [-0.3, -0.25) is 19.5 Å². The number of amides is 1. The minimum absolute atomic E-state index is 0.0383. The Bertz CT molecular complexity index is 922. The van der Waals surface area contributed by atoms with Crippen molar-refractivity contribution >= 4 is 22.8 Å². The van der Waals surface area contributed by atoms with Gasteiger partial charge in [0.1, 0.15) is 5.82 Å². The van der Waals surface area contributed by atoms with E-state index in [1.165, 1.54) is 25.0 Å². The largest absolute Gasteiger partial charge is 0.480 e. The van der Waals surface area contributed by atoms with E-state index in [2.05, 4.69) is 10.3 Å². The monoisotopic (exact) mass is 385 g/mol. The number of carboxylic acids is 1. The van der Waals surface area contributed by atoms with Crippen molar-refractivity contribution < 1.29 is 19.1 Å². The van der Waals surface area contributed by atoms with Crippen molar-refractivity contribution in [2.75, 3.05) is 13.1 Å². The van der Waals surface area contributed by atoms with Gasteiger partial charge in [0, 0.05) is 30.1 Å². The van der Waals surface area contributed by atoms with Crippen molar-refractivity contribution in [3.63, 3.8) is 0 Å². The average molecular weight is 385 g/mol. The van der Waals surface area contributed by atoms with Gasteiger partial charge in [0.2, 0.25) is 0 Å². The Kier molecular flexibility index (Phi) is 5.02. The third-order valence-corrected chi connectivity index (χ3v) is 5.71. The number of pyridine rings is 1. The summed E-state index contributed by atoms with van der Waals surface area (Å²) in [5.74, 6) is -0.715. The molecule has 0 saturated heterocycles. The number of carboxylic acid groups (broad SMARTS) is 1. The normalized spacial score (nSPS) is 21.5. The molecule has 2 fully saturated rings. The van der Waals surface area contributed by atoms with Gasteiger partial charge in [-0.2, -0.15) is 0 Å². The molecule has 0 spiro atoms. The van der Waals surface area contributed by atoms with E-state index in [0.717, 1.165) is 24.8 Å². The number of aliphatic carboxylic acids is 1. The predicted molar refractivity (Wildman–Crippen MR) is 103 cm³/mol. The van der Waals surface area contributed by atoms with E-state index < -0.39 is 5.97 Å². The number of carbonyl (C=O) groups excluding carboxylic acids is 1. The van der Waals surface area contributed by atoms with Crippen LogP contribution in [0.5, 0.6) is 0 Å². The van der Waals surface area contributed by atoms with Crippen LogP contribution >= 0.6 is 0 Å². The summed E-state index contributed by atoms with van der Waals surface area (Å²) in [5, 5.41) is 12.9. The number of aromatic nitrogens is 1. The smallest absolute Gasteiger partial charge is 0.317 e. The molecule has 2 aromatic rings. The number of halogens is 1. The van der Waals surface area contributed by atoms with Crippen LogP contribution in [-0.4, -0.2) is 52.0 Å². The minimum atomic E-state index is -0.803. The number of hydrogen-bond donors (Lipinski definition) is 2. The minimum Gasteiger partial charge on any atom is -0.480 e. The fourth-order valence-electron chi connectivity index (χ4n) is 3.88. The Balaban J connectivity index is 1.38. The molecule has 4 rings (SSSR count). The maximum Gasteiger partial charge on any atom is 0.317 e. The van der Waals surface area contributed by atoms with Crippen LogP contribution in [0, 0.1) is 18.7 Å². The zero-order valence-electron chi connectivity index (χ0n) is 15.8. The first kappa shape index (κ1) is 18.8. The molecule has 1 amide bonds. The third-order valence-electron chi connectivity index (χ3n) is 5.71. The first-order valence-corrected chi connectivity index (χ1v) is 9.72. The summed E-state index contributed by atoms with van der Waals surface area (Å²) in [7, 11) is 0. The second-order valence-corrected chi connectivity index (χ2v) is 8.02. The van der Waals surface area contributed by atoms with Gasteiger partial charge < -0.3 is 10.4 Å². The fraction of sp³-hybridized carbons (Fsp3) is 0.476. The van der Waals surface area contributed by atoms with E-state index in [9.17, 15) is 14.0 Å². The number of benzene rings is 1. The first-order chi connectivity index (χ1) is 13.4. The highest BCUT2D eigenvalue weighted by atomic mass is 19.1. The fourth-order valence-corrected chi connectivity index (χ4v) is 3.88. The molecule has 2 aliphatic rings. The molecular formula is C21H24FN3O3. The van der Waals surface area contributed by atoms with Crippen molar-refractivity contribution in [2.45, 2.75) is 44.7 Å². The van der Waals surface area contributed by atoms with Crippen LogP contribution in [0.4, 0.5) is 4.39 Å². The Labute approximate surface area is 162 Å². The van der Waals surface area contributed by atoms with Crippen molar-refractivity contribution in [3.8, 4) is 0 Å². The number of fused-ring (bicyclic) bond motifs is 1. The molecule has 0 atom stereocenters. The molecule has 0 bridgehead atoms. The SMILES string of the molecule is Cc1nc2cc(F)ccc2cc1C(=O)NC1CC(N(CC(=O)O)CC2CC2)C1. The predicted octanol–water partition coefficient (Wildman–Crippen LogP) is 2.74. The zero-order chi connectivity index (χ0) is 19.8. The van der Waals surface area contributed by atoms with Crippen molar-refractivity contribution in [1.29, 1.82) is 0 Å². The van der Waals surface area contributed by atoms with Gasteiger partial charge in [0.25, 0.3) is 5.91 Å². The first-order valence-electron chi connectivity index (χ1n) is 9.72. The Hall–Kier alpha value is -2.54. The summed E-state index contributed by atoms with van der Waals surface area (Å²) >= 11 is 0. The lowest BCUT2D eigenvalue weighted by atomic mass is 9.85. The summed E-state index contributed by atoms with van der Waals surface area (Å²) < 4.78 is 13.4. The second kappa shape index (κ2) is 7.47. The number of rotatable bonds is 7. The molecule has 2 aliphatic carbocycles. The quantitative estimate of drug-likeness (QED) is 0.766. The van der Waals surface area contributed by atoms with Crippen LogP contribution in [0.25, 0.3) is 10.9 Å². The van der Waals surface area contributed by atoms with Gasteiger partial charge in [0.05, 0.1) is 23.3 Å². The molecule has 1 aromatic heterocycles. The van der Waals surface area contributed by atoms with Gasteiger partial charge in [0.15, 0.2) is 0 Å². The molecule has 28 heavy (non-hydrogen) atoms. The molecule has 7 heteroatoms. The molecule has 2 saturated carbocycles. The number of hydrogen-bond acceptors (Lipinski definition) is 4. The Morgan fingerprint density at radius 1 is 1.29 bits per heavy atom. The molecule has 6 nitrogen and oxygen atoms in total. The van der Waals surface area contributed by atoms with Crippen molar-refractivity contribution in [3.05, 3.63) is 41.3 Å². The summed E-state index contributed by atoms with van der Waals surface area (Å²) in [6.45, 7) is 2.64. The van der Waals surface area contributed by atoms with Crippen LogP contribution in [-0.2, 0) is 4.79 Å². The van der Waals surface area contributed by atoms with E-state index in [0.29, 0.717) is 22.7 Å². The number of nitrogens with zero attached hydrogens (tertiary/aromatic N) is 2. The van der Waals surface area contributed by atoms with E-state index in [4.69, 9.17) is 5.11 Å². The summed E-state index contributed by atoms with van der Waals surface area (Å²) in [5.41, 5.74) is 1.58. The second-order valence-electron chi connectivity index (χ2n) is 8.02. The maximum absolute atomic E-state index is 13.4. The van der Waals surface area contributed by atoms with Gasteiger partial charge in [-0.15, -0.1) is 0 Å². The highest BCUT2D eigenvalue weighted by Crippen LogP contribution is 2.34. The van der Waals surface area contributed by atoms with E-state index in [1.54, 1.807) is 19.1 Å². The van der Waals surface area contributed by atoms with E-state index in [1.807, 2.05) is 4.90 Å². The van der Waals surface area contributed by atoms with E-state index in [-0.39, 0.29) is 30.4 Å². The maximum atomic E-state index is 13.4. The highest BCUT2D eigenvalue weighted by Gasteiger charge is 2.37. The summed E-state index contributed by atoms with van der Waals surface area (Å²) in [4.78, 5) is 30.2. The van der Waals surface area contributed by atoms with Gasteiger partial charge in [-0.25, -0.2) is 4.39 Å². The van der Waals surface area contributed by atoms with Crippen molar-refractivity contribution in [1.82, 2.24) is 15.2 Å².